The van der Waals surface area contributed by atoms with Gasteiger partial charge in [-0.3, -0.25) is 0 Å². The molecule has 0 aliphatic carbocycles. The van der Waals surface area contributed by atoms with Crippen molar-refractivity contribution in [2.45, 2.75) is 13.5 Å². The minimum absolute atomic E-state index is 0.383. The van der Waals surface area contributed by atoms with Crippen molar-refractivity contribution in [1.29, 1.82) is 0 Å². The molecule has 0 radical (unpaired) electrons. The van der Waals surface area contributed by atoms with Crippen molar-refractivity contribution in [3.63, 3.8) is 0 Å². The van der Waals surface area contributed by atoms with Crippen LogP contribution in [0.1, 0.15) is 16.7 Å². The van der Waals surface area contributed by atoms with Gasteiger partial charge in [0.2, 0.25) is 0 Å². The molecule has 2 aromatic rings. The molecule has 0 spiro atoms. The third-order valence-corrected chi connectivity index (χ3v) is 3.65. The molecule has 0 unspecified atom stereocenters. The van der Waals surface area contributed by atoms with Crippen molar-refractivity contribution < 1.29 is 19.0 Å². The van der Waals surface area contributed by atoms with Crippen LogP contribution in [-0.4, -0.2) is 20.2 Å². The highest BCUT2D eigenvalue weighted by Gasteiger charge is 2.12. The lowest BCUT2D eigenvalue weighted by atomic mass is 10.1. The quantitative estimate of drug-likeness (QED) is 0.573. The van der Waals surface area contributed by atoms with Crippen LogP contribution in [0.25, 0.3) is 6.08 Å². The Morgan fingerprint density at radius 3 is 2.50 bits per heavy atom. The average Bonchev–Trinajstić information content (AvgIpc) is 2.59. The van der Waals surface area contributed by atoms with Gasteiger partial charge >= 0.3 is 5.97 Å². The van der Waals surface area contributed by atoms with Crippen LogP contribution in [0.5, 0.6) is 11.5 Å². The van der Waals surface area contributed by atoms with Gasteiger partial charge in [0.05, 0.1) is 19.2 Å². The van der Waals surface area contributed by atoms with Crippen molar-refractivity contribution in [3.05, 3.63) is 64.2 Å². The molecule has 0 aliphatic rings. The zero-order valence-electron chi connectivity index (χ0n) is 13.8. The van der Waals surface area contributed by atoms with Gasteiger partial charge in [-0.1, -0.05) is 41.4 Å². The van der Waals surface area contributed by atoms with Crippen molar-refractivity contribution in [2.24, 2.45) is 0 Å². The van der Waals surface area contributed by atoms with Gasteiger partial charge in [0.25, 0.3) is 0 Å². The molecule has 0 heterocycles. The summed E-state index contributed by atoms with van der Waals surface area (Å²) in [6.07, 6.45) is 2.92. The molecule has 4 nitrogen and oxygen atoms in total. The lowest BCUT2D eigenvalue weighted by molar-refractivity contribution is -0.134. The SMILES string of the molecule is COC(=O)/C=C/c1cc(Cl)c(OCc2ccc(C)cc2)c(OC)c1. The Morgan fingerprint density at radius 1 is 1.17 bits per heavy atom. The Balaban J connectivity index is 2.18. The van der Waals surface area contributed by atoms with Crippen LogP contribution in [0, 0.1) is 6.92 Å². The largest absolute Gasteiger partial charge is 0.493 e. The maximum atomic E-state index is 11.2. The molecular formula is C19H19ClO4. The molecule has 0 aliphatic heterocycles. The van der Waals surface area contributed by atoms with E-state index in [9.17, 15) is 4.79 Å². The summed E-state index contributed by atoms with van der Waals surface area (Å²) >= 11 is 6.30. The number of ether oxygens (including phenoxy) is 3. The van der Waals surface area contributed by atoms with E-state index in [1.807, 2.05) is 31.2 Å². The second-order valence-corrected chi connectivity index (χ2v) is 5.57. The average molecular weight is 347 g/mol. The summed E-state index contributed by atoms with van der Waals surface area (Å²) in [7, 11) is 2.86. The van der Waals surface area contributed by atoms with Crippen LogP contribution >= 0.6 is 11.6 Å². The minimum atomic E-state index is -0.440. The van der Waals surface area contributed by atoms with E-state index >= 15 is 0 Å². The van der Waals surface area contributed by atoms with Gasteiger partial charge in [-0.05, 0) is 36.3 Å². The summed E-state index contributed by atoms with van der Waals surface area (Å²) in [4.78, 5) is 11.2. The molecule has 0 N–H and O–H groups in total. The van der Waals surface area contributed by atoms with E-state index in [1.165, 1.54) is 25.9 Å². The third-order valence-electron chi connectivity index (χ3n) is 3.37. The number of carbonyl (C=O) groups excluding carboxylic acids is 1. The molecule has 2 rings (SSSR count). The molecule has 126 valence electrons. The number of esters is 1. The van der Waals surface area contributed by atoms with E-state index in [-0.39, 0.29) is 0 Å². The van der Waals surface area contributed by atoms with Gasteiger partial charge in [-0.25, -0.2) is 4.79 Å². The molecular weight excluding hydrogens is 328 g/mol. The van der Waals surface area contributed by atoms with E-state index in [4.69, 9.17) is 21.1 Å². The smallest absolute Gasteiger partial charge is 0.330 e. The van der Waals surface area contributed by atoms with Gasteiger partial charge in [0.1, 0.15) is 6.61 Å². The highest BCUT2D eigenvalue weighted by molar-refractivity contribution is 6.32. The van der Waals surface area contributed by atoms with Crippen molar-refractivity contribution in [3.8, 4) is 11.5 Å². The summed E-state index contributed by atoms with van der Waals surface area (Å²) in [5.41, 5.74) is 2.94. The summed E-state index contributed by atoms with van der Waals surface area (Å²) in [5, 5.41) is 0.408. The fourth-order valence-corrected chi connectivity index (χ4v) is 2.32. The highest BCUT2D eigenvalue weighted by atomic mass is 35.5. The van der Waals surface area contributed by atoms with Crippen LogP contribution in [0.3, 0.4) is 0 Å². The van der Waals surface area contributed by atoms with Crippen LogP contribution in [-0.2, 0) is 16.1 Å². The highest BCUT2D eigenvalue weighted by Crippen LogP contribution is 2.37. The number of hydrogen-bond donors (Lipinski definition) is 0. The predicted molar refractivity (Wildman–Crippen MR) is 94.6 cm³/mol. The van der Waals surface area contributed by atoms with Gasteiger partial charge in [0, 0.05) is 6.08 Å². The van der Waals surface area contributed by atoms with Crippen molar-refractivity contribution in [2.75, 3.05) is 14.2 Å². The zero-order chi connectivity index (χ0) is 17.5. The van der Waals surface area contributed by atoms with Crippen molar-refractivity contribution >= 4 is 23.6 Å². The maximum absolute atomic E-state index is 11.2. The number of methoxy groups -OCH3 is 2. The lowest BCUT2D eigenvalue weighted by Gasteiger charge is -2.13. The first kappa shape index (κ1) is 17.9. The molecule has 24 heavy (non-hydrogen) atoms. The van der Waals surface area contributed by atoms with Gasteiger partial charge in [0.15, 0.2) is 11.5 Å². The normalized spacial score (nSPS) is 10.7. The zero-order valence-corrected chi connectivity index (χ0v) is 14.6. The third kappa shape index (κ3) is 4.77. The lowest BCUT2D eigenvalue weighted by Crippen LogP contribution is -1.99. The monoisotopic (exact) mass is 346 g/mol. The molecule has 2 aromatic carbocycles. The number of benzene rings is 2. The summed E-state index contributed by atoms with van der Waals surface area (Å²) in [5.74, 6) is 0.527. The standard InChI is InChI=1S/C19H19ClO4/c1-13-4-6-14(7-5-13)12-24-19-16(20)10-15(11-17(19)22-2)8-9-18(21)23-3/h4-11H,12H2,1-3H3/b9-8+. The first-order valence-electron chi connectivity index (χ1n) is 7.35. The van der Waals surface area contributed by atoms with Crippen molar-refractivity contribution in [1.82, 2.24) is 0 Å². The van der Waals surface area contributed by atoms with E-state index < -0.39 is 5.97 Å². The second-order valence-electron chi connectivity index (χ2n) is 5.16. The Labute approximate surface area is 146 Å². The fraction of sp³-hybridized carbons (Fsp3) is 0.211. The molecule has 0 atom stereocenters. The molecule has 0 saturated carbocycles. The van der Waals surface area contributed by atoms with Crippen LogP contribution in [0.2, 0.25) is 5.02 Å². The Hall–Kier alpha value is -2.46. The maximum Gasteiger partial charge on any atom is 0.330 e. The summed E-state index contributed by atoms with van der Waals surface area (Å²) < 4.78 is 15.7. The topological polar surface area (TPSA) is 44.8 Å². The Morgan fingerprint density at radius 2 is 1.88 bits per heavy atom. The number of aryl methyl sites for hydroxylation is 1. The molecule has 5 heteroatoms. The number of rotatable bonds is 6. The first-order chi connectivity index (χ1) is 11.5. The van der Waals surface area contributed by atoms with Crippen LogP contribution < -0.4 is 9.47 Å². The Bertz CT molecular complexity index is 736. The summed E-state index contributed by atoms with van der Waals surface area (Å²) in [6, 6.07) is 11.5. The predicted octanol–water partition coefficient (Wildman–Crippen LogP) is 4.42. The van der Waals surface area contributed by atoms with E-state index in [0.29, 0.717) is 28.7 Å². The summed E-state index contributed by atoms with van der Waals surface area (Å²) in [6.45, 7) is 2.42. The molecule has 0 bridgehead atoms. The minimum Gasteiger partial charge on any atom is -0.493 e. The van der Waals surface area contributed by atoms with Gasteiger partial charge in [-0.2, -0.15) is 0 Å². The molecule has 0 saturated heterocycles. The fourth-order valence-electron chi connectivity index (χ4n) is 2.05. The van der Waals surface area contributed by atoms with Crippen LogP contribution in [0.4, 0.5) is 0 Å². The molecule has 0 amide bonds. The van der Waals surface area contributed by atoms with E-state index in [0.717, 1.165) is 5.56 Å². The number of halogens is 1. The molecule has 0 fully saturated rings. The van der Waals surface area contributed by atoms with Gasteiger partial charge < -0.3 is 14.2 Å². The second kappa shape index (κ2) is 8.41. The number of carbonyl (C=O) groups is 1. The van der Waals surface area contributed by atoms with E-state index in [2.05, 4.69) is 4.74 Å². The Kier molecular flexibility index (Phi) is 6.27. The number of hydrogen-bond acceptors (Lipinski definition) is 4. The molecule has 0 aromatic heterocycles. The van der Waals surface area contributed by atoms with Crippen LogP contribution in [0.15, 0.2) is 42.5 Å². The first-order valence-corrected chi connectivity index (χ1v) is 7.73. The van der Waals surface area contributed by atoms with Gasteiger partial charge in [-0.15, -0.1) is 0 Å². The van der Waals surface area contributed by atoms with E-state index in [1.54, 1.807) is 18.2 Å².